The van der Waals surface area contributed by atoms with Crippen molar-refractivity contribution in [3.8, 4) is 0 Å². The summed E-state index contributed by atoms with van der Waals surface area (Å²) in [7, 11) is 0. The van der Waals surface area contributed by atoms with E-state index in [2.05, 4.69) is 10.2 Å². The molecule has 0 N–H and O–H groups in total. The molecule has 0 heterocycles. The third kappa shape index (κ3) is 4.52. The van der Waals surface area contributed by atoms with Gasteiger partial charge in [0.1, 0.15) is 5.94 Å². The van der Waals surface area contributed by atoms with Gasteiger partial charge in [0.2, 0.25) is 0 Å². The Labute approximate surface area is 120 Å². The molecule has 7 heteroatoms. The molecule has 0 radical (unpaired) electrons. The maximum atomic E-state index is 12.2. The van der Waals surface area contributed by atoms with Crippen LogP contribution in [0.2, 0.25) is 0 Å². The van der Waals surface area contributed by atoms with Gasteiger partial charge >= 0.3 is 18.2 Å². The number of imide groups is 1. The number of benzene rings is 1. The molecule has 106 valence electrons. The van der Waals surface area contributed by atoms with E-state index in [4.69, 9.17) is 0 Å². The Balaban J connectivity index is 3.20. The number of carbonyl (C=O) groups excluding carboxylic acids is 4. The first-order chi connectivity index (χ1) is 9.97. The van der Waals surface area contributed by atoms with Crippen LogP contribution in [0.1, 0.15) is 19.4 Å². The molecule has 0 spiro atoms. The van der Waals surface area contributed by atoms with Gasteiger partial charge in [-0.1, -0.05) is 30.3 Å². The minimum Gasteiger partial charge on any atom is -0.269 e. The van der Waals surface area contributed by atoms with E-state index in [1.165, 1.54) is 18.1 Å². The Morgan fingerprint density at radius 2 is 1.76 bits per heavy atom. The highest BCUT2D eigenvalue weighted by atomic mass is 16.2. The van der Waals surface area contributed by atoms with Gasteiger partial charge in [0, 0.05) is 24.5 Å². The Kier molecular flexibility index (Phi) is 5.73. The molecule has 0 aliphatic carbocycles. The Bertz CT molecular complexity index is 683. The summed E-state index contributed by atoms with van der Waals surface area (Å²) in [5.41, 5.74) is 0.000677. The SMILES string of the molecule is CC(=O)N=NC=[N+](C(C)=O)C(=O)C(=C=O)c1ccccc1. The van der Waals surface area contributed by atoms with Gasteiger partial charge in [0.25, 0.3) is 5.91 Å². The minimum absolute atomic E-state index is 0.319. The molecule has 3 amide bonds. The molecule has 0 bridgehead atoms. The highest BCUT2D eigenvalue weighted by molar-refractivity contribution is 6.26. The van der Waals surface area contributed by atoms with Crippen LogP contribution in [0, 0.1) is 0 Å². The molecule has 0 aliphatic rings. The first kappa shape index (κ1) is 16.0. The summed E-state index contributed by atoms with van der Waals surface area (Å²) in [5.74, 6) is -0.642. The fourth-order valence-corrected chi connectivity index (χ4v) is 1.39. The van der Waals surface area contributed by atoms with Gasteiger partial charge in [-0.05, 0) is 0 Å². The lowest BCUT2D eigenvalue weighted by atomic mass is 10.1. The zero-order valence-electron chi connectivity index (χ0n) is 11.4. The zero-order valence-corrected chi connectivity index (χ0v) is 11.4. The van der Waals surface area contributed by atoms with E-state index in [-0.39, 0.29) is 5.57 Å². The van der Waals surface area contributed by atoms with E-state index in [0.29, 0.717) is 10.1 Å². The van der Waals surface area contributed by atoms with Crippen molar-refractivity contribution in [2.24, 2.45) is 10.2 Å². The smallest absolute Gasteiger partial charge is 0.269 e. The Morgan fingerprint density at radius 3 is 2.24 bits per heavy atom. The van der Waals surface area contributed by atoms with Gasteiger partial charge in [0.05, 0.1) is 5.11 Å². The summed E-state index contributed by atoms with van der Waals surface area (Å²) >= 11 is 0. The number of nitrogens with zero attached hydrogens (tertiary/aromatic N) is 3. The second-order valence-corrected chi connectivity index (χ2v) is 3.89. The van der Waals surface area contributed by atoms with Crippen LogP contribution >= 0.6 is 0 Å². The molecule has 0 atom stereocenters. The summed E-state index contributed by atoms with van der Waals surface area (Å²) in [4.78, 5) is 45.3. The predicted molar refractivity (Wildman–Crippen MR) is 73.1 cm³/mol. The lowest BCUT2D eigenvalue weighted by molar-refractivity contribution is -0.372. The summed E-state index contributed by atoms with van der Waals surface area (Å²) in [5, 5.41) is 6.48. The van der Waals surface area contributed by atoms with E-state index in [1.54, 1.807) is 18.2 Å². The van der Waals surface area contributed by atoms with E-state index in [0.717, 1.165) is 20.2 Å². The summed E-state index contributed by atoms with van der Waals surface area (Å²) in [6, 6.07) is 8.06. The van der Waals surface area contributed by atoms with Crippen molar-refractivity contribution in [1.82, 2.24) is 0 Å². The van der Waals surface area contributed by atoms with Gasteiger partial charge in [-0.25, -0.2) is 14.4 Å². The fraction of sp³-hybridized carbons (Fsp3) is 0.143. The fourth-order valence-electron chi connectivity index (χ4n) is 1.39. The number of amides is 3. The van der Waals surface area contributed by atoms with Crippen LogP contribution in [0.3, 0.4) is 0 Å². The maximum Gasteiger partial charge on any atom is 0.360 e. The van der Waals surface area contributed by atoms with E-state index < -0.39 is 17.7 Å². The molecule has 0 saturated carbocycles. The van der Waals surface area contributed by atoms with Crippen LogP contribution in [0.5, 0.6) is 0 Å². The van der Waals surface area contributed by atoms with Crippen molar-refractivity contribution in [2.45, 2.75) is 13.8 Å². The molecule has 21 heavy (non-hydrogen) atoms. The number of hydrogen-bond acceptors (Lipinski definition) is 4. The lowest BCUT2D eigenvalue weighted by Crippen LogP contribution is -2.27. The third-order valence-electron chi connectivity index (χ3n) is 2.30. The van der Waals surface area contributed by atoms with Crippen molar-refractivity contribution < 1.29 is 23.8 Å². The van der Waals surface area contributed by atoms with Gasteiger partial charge < -0.3 is 0 Å². The zero-order chi connectivity index (χ0) is 15.8. The number of hydrogen-bond donors (Lipinski definition) is 0. The van der Waals surface area contributed by atoms with Crippen LogP contribution in [0.25, 0.3) is 5.57 Å². The molecular formula is C14H12N3O4+. The molecule has 1 rings (SSSR count). The largest absolute Gasteiger partial charge is 0.360 e. The summed E-state index contributed by atoms with van der Waals surface area (Å²) in [6.07, 6.45) is 0.784. The lowest BCUT2D eigenvalue weighted by Gasteiger charge is -2.01. The second-order valence-electron chi connectivity index (χ2n) is 3.89. The average molecular weight is 286 g/mol. The molecule has 7 nitrogen and oxygen atoms in total. The summed E-state index contributed by atoms with van der Waals surface area (Å²) in [6.45, 7) is 2.28. The molecule has 1 aromatic carbocycles. The van der Waals surface area contributed by atoms with Crippen LogP contribution in [-0.4, -0.2) is 34.6 Å². The van der Waals surface area contributed by atoms with Gasteiger partial charge in [-0.15, -0.1) is 4.58 Å². The highest BCUT2D eigenvalue weighted by Gasteiger charge is 2.25. The van der Waals surface area contributed by atoms with Gasteiger partial charge in [-0.2, -0.15) is 0 Å². The number of rotatable bonds is 3. The van der Waals surface area contributed by atoms with Crippen molar-refractivity contribution >= 4 is 35.6 Å². The molecule has 0 aromatic heterocycles. The Hall–Kier alpha value is -3.05. The van der Waals surface area contributed by atoms with Crippen molar-refractivity contribution in [1.29, 1.82) is 0 Å². The highest BCUT2D eigenvalue weighted by Crippen LogP contribution is 2.12. The standard InChI is InChI=1S/C14H12N3O4/c1-10(19)16-15-9-17(11(2)20)14(21)13(8-18)12-6-4-3-5-7-12/h3-7,9H,1-2H3/q+1. The normalized spacial score (nSPS) is 11.0. The number of carbonyl (C=O) groups is 3. The van der Waals surface area contributed by atoms with Gasteiger partial charge in [-0.3, -0.25) is 4.79 Å². The van der Waals surface area contributed by atoms with Crippen molar-refractivity contribution in [3.05, 3.63) is 35.9 Å². The van der Waals surface area contributed by atoms with Gasteiger partial charge in [0.15, 0.2) is 5.57 Å². The van der Waals surface area contributed by atoms with Crippen LogP contribution in [0.15, 0.2) is 40.6 Å². The maximum absolute atomic E-state index is 12.2. The van der Waals surface area contributed by atoms with E-state index in [1.807, 2.05) is 0 Å². The van der Waals surface area contributed by atoms with Crippen molar-refractivity contribution in [2.75, 3.05) is 0 Å². The van der Waals surface area contributed by atoms with Crippen LogP contribution in [0.4, 0.5) is 0 Å². The minimum atomic E-state index is -0.897. The monoisotopic (exact) mass is 286 g/mol. The summed E-state index contributed by atoms with van der Waals surface area (Å²) < 4.78 is 0.583. The first-order valence-corrected chi connectivity index (χ1v) is 5.86. The molecule has 0 saturated heterocycles. The second kappa shape index (κ2) is 7.52. The molecule has 0 fully saturated rings. The topological polar surface area (TPSA) is 96.0 Å². The quantitative estimate of drug-likeness (QED) is 0.207. The van der Waals surface area contributed by atoms with Crippen LogP contribution < -0.4 is 0 Å². The van der Waals surface area contributed by atoms with Crippen LogP contribution in [-0.2, 0) is 19.2 Å². The van der Waals surface area contributed by atoms with Crippen molar-refractivity contribution in [3.63, 3.8) is 0 Å². The van der Waals surface area contributed by atoms with E-state index >= 15 is 0 Å². The predicted octanol–water partition coefficient (Wildman–Crippen LogP) is 1.01. The molecule has 0 unspecified atom stereocenters. The average Bonchev–Trinajstić information content (AvgIpc) is 2.44. The molecule has 0 aliphatic heterocycles. The third-order valence-corrected chi connectivity index (χ3v) is 2.30. The molecule has 1 aromatic rings. The molecular weight excluding hydrogens is 274 g/mol. The first-order valence-electron chi connectivity index (χ1n) is 5.86. The Morgan fingerprint density at radius 1 is 1.14 bits per heavy atom. The van der Waals surface area contributed by atoms with E-state index in [9.17, 15) is 19.2 Å². The number of azo groups is 1.